The normalized spacial score (nSPS) is 11.2. The van der Waals surface area contributed by atoms with Crippen molar-refractivity contribution in [3.05, 3.63) is 64.1 Å². The van der Waals surface area contributed by atoms with Gasteiger partial charge in [0.25, 0.3) is 15.9 Å². The molecule has 1 aromatic carbocycles. The summed E-state index contributed by atoms with van der Waals surface area (Å²) in [6.45, 7) is 4.11. The maximum Gasteiger partial charge on any atom is 0.265 e. The zero-order valence-electron chi connectivity index (χ0n) is 15.5. The van der Waals surface area contributed by atoms with Crippen LogP contribution in [0, 0.1) is 6.92 Å². The first-order valence-corrected chi connectivity index (χ1v) is 11.0. The number of carbonyl (C=O) groups is 1. The Morgan fingerprint density at radius 3 is 2.46 bits per heavy atom. The molecule has 0 bridgehead atoms. The van der Waals surface area contributed by atoms with Gasteiger partial charge in [-0.3, -0.25) is 4.79 Å². The van der Waals surface area contributed by atoms with Gasteiger partial charge in [0, 0.05) is 23.0 Å². The Hall–Kier alpha value is -2.78. The van der Waals surface area contributed by atoms with Crippen LogP contribution in [0.15, 0.2) is 53.7 Å². The van der Waals surface area contributed by atoms with E-state index in [1.165, 1.54) is 41.4 Å². The molecular weight excluding hydrogens is 396 g/mol. The number of hydrogen-bond acceptors (Lipinski definition) is 6. The largest absolute Gasteiger partial charge is 0.321 e. The van der Waals surface area contributed by atoms with E-state index < -0.39 is 10.0 Å². The lowest BCUT2D eigenvalue weighted by Crippen LogP contribution is -2.15. The minimum Gasteiger partial charge on any atom is -0.321 e. The topological polar surface area (TPSA) is 101 Å². The van der Waals surface area contributed by atoms with Gasteiger partial charge in [-0.15, -0.1) is 11.3 Å². The fourth-order valence-electron chi connectivity index (χ4n) is 2.59. The molecule has 0 saturated heterocycles. The predicted octanol–water partition coefficient (Wildman–Crippen LogP) is 3.85. The number of thiophene rings is 1. The first kappa shape index (κ1) is 20.0. The summed E-state index contributed by atoms with van der Waals surface area (Å²) in [4.78, 5) is 22.0. The van der Waals surface area contributed by atoms with Crippen LogP contribution in [-0.4, -0.2) is 24.3 Å². The lowest BCUT2D eigenvalue weighted by Gasteiger charge is -2.08. The molecule has 0 unspecified atom stereocenters. The Morgan fingerprint density at radius 2 is 1.82 bits per heavy atom. The number of aromatic nitrogens is 2. The second-order valence-electron chi connectivity index (χ2n) is 6.10. The van der Waals surface area contributed by atoms with Gasteiger partial charge in [0.2, 0.25) is 5.95 Å². The highest BCUT2D eigenvalue weighted by Gasteiger charge is 2.16. The van der Waals surface area contributed by atoms with Crippen molar-refractivity contribution in [1.82, 2.24) is 9.97 Å². The summed E-state index contributed by atoms with van der Waals surface area (Å²) in [7, 11) is -3.80. The van der Waals surface area contributed by atoms with Crippen molar-refractivity contribution < 1.29 is 13.2 Å². The maximum absolute atomic E-state index is 12.5. The number of benzene rings is 1. The van der Waals surface area contributed by atoms with Crippen molar-refractivity contribution in [2.45, 2.75) is 31.6 Å². The summed E-state index contributed by atoms with van der Waals surface area (Å²) < 4.78 is 27.1. The van der Waals surface area contributed by atoms with Crippen LogP contribution in [-0.2, 0) is 16.4 Å². The van der Waals surface area contributed by atoms with E-state index in [0.717, 1.165) is 17.7 Å². The summed E-state index contributed by atoms with van der Waals surface area (Å²) in [6.07, 6.45) is 4.86. The fraction of sp³-hybridized carbons (Fsp3) is 0.211. The van der Waals surface area contributed by atoms with E-state index in [-0.39, 0.29) is 16.8 Å². The van der Waals surface area contributed by atoms with Gasteiger partial charge in [-0.05, 0) is 55.3 Å². The SMILES string of the molecule is CCCc1cc(C(=O)Nc2ccc(S(=O)(=O)Nc3ncccn3)cc2)sc1C. The number of nitrogens with zero attached hydrogens (tertiary/aromatic N) is 2. The Morgan fingerprint density at radius 1 is 1.14 bits per heavy atom. The molecule has 0 aliphatic carbocycles. The minimum absolute atomic E-state index is 0.00386. The number of nitrogens with one attached hydrogen (secondary N) is 2. The van der Waals surface area contributed by atoms with Crippen molar-refractivity contribution in [1.29, 1.82) is 0 Å². The number of carbonyl (C=O) groups excluding carboxylic acids is 1. The molecule has 0 radical (unpaired) electrons. The molecule has 28 heavy (non-hydrogen) atoms. The molecule has 7 nitrogen and oxygen atoms in total. The zero-order chi connectivity index (χ0) is 20.1. The molecule has 9 heteroatoms. The van der Waals surface area contributed by atoms with Crippen LogP contribution in [0.4, 0.5) is 11.6 Å². The quantitative estimate of drug-likeness (QED) is 0.609. The molecule has 3 rings (SSSR count). The Kier molecular flexibility index (Phi) is 6.05. The van der Waals surface area contributed by atoms with Crippen molar-refractivity contribution in [2.75, 3.05) is 10.0 Å². The van der Waals surface area contributed by atoms with Gasteiger partial charge < -0.3 is 5.32 Å². The highest BCUT2D eigenvalue weighted by molar-refractivity contribution is 7.92. The summed E-state index contributed by atoms with van der Waals surface area (Å²) in [6, 6.07) is 9.45. The van der Waals surface area contributed by atoms with E-state index in [1.807, 2.05) is 13.0 Å². The number of hydrogen-bond donors (Lipinski definition) is 2. The number of rotatable bonds is 7. The van der Waals surface area contributed by atoms with Crippen molar-refractivity contribution in [3.8, 4) is 0 Å². The van der Waals surface area contributed by atoms with E-state index in [0.29, 0.717) is 10.6 Å². The molecule has 2 aromatic heterocycles. The van der Waals surface area contributed by atoms with Crippen LogP contribution in [0.3, 0.4) is 0 Å². The van der Waals surface area contributed by atoms with Gasteiger partial charge in [0.15, 0.2) is 0 Å². The molecule has 0 saturated carbocycles. The second kappa shape index (κ2) is 8.49. The van der Waals surface area contributed by atoms with E-state index in [9.17, 15) is 13.2 Å². The highest BCUT2D eigenvalue weighted by Crippen LogP contribution is 2.24. The molecule has 3 aromatic rings. The molecule has 2 N–H and O–H groups in total. The minimum atomic E-state index is -3.80. The molecule has 2 heterocycles. The monoisotopic (exact) mass is 416 g/mol. The number of anilines is 2. The first-order chi connectivity index (χ1) is 13.4. The third-order valence-corrected chi connectivity index (χ3v) is 6.41. The number of sulfonamides is 1. The molecule has 146 valence electrons. The standard InChI is InChI=1S/C19H20N4O3S2/c1-3-5-14-12-17(27-13(14)2)18(24)22-15-6-8-16(9-7-15)28(25,26)23-19-20-10-4-11-21-19/h4,6-12H,3,5H2,1-2H3,(H,22,24)(H,20,21,23). The van der Waals surface area contributed by atoms with Crippen LogP contribution in [0.1, 0.15) is 33.5 Å². The molecular formula is C19H20N4O3S2. The average molecular weight is 417 g/mol. The summed E-state index contributed by atoms with van der Waals surface area (Å²) >= 11 is 1.46. The first-order valence-electron chi connectivity index (χ1n) is 8.69. The summed E-state index contributed by atoms with van der Waals surface area (Å²) in [5.41, 5.74) is 1.70. The summed E-state index contributed by atoms with van der Waals surface area (Å²) in [5.74, 6) is -0.210. The summed E-state index contributed by atoms with van der Waals surface area (Å²) in [5, 5.41) is 2.80. The van der Waals surface area contributed by atoms with E-state index in [4.69, 9.17) is 0 Å². The lowest BCUT2D eigenvalue weighted by atomic mass is 10.1. The van der Waals surface area contributed by atoms with Crippen LogP contribution >= 0.6 is 11.3 Å². The molecule has 0 aliphatic rings. The molecule has 0 spiro atoms. The van der Waals surface area contributed by atoms with Crippen LogP contribution in [0.5, 0.6) is 0 Å². The predicted molar refractivity (Wildman–Crippen MR) is 110 cm³/mol. The smallest absolute Gasteiger partial charge is 0.265 e. The third kappa shape index (κ3) is 4.73. The number of amides is 1. The van der Waals surface area contributed by atoms with Crippen molar-refractivity contribution >= 4 is 38.9 Å². The van der Waals surface area contributed by atoms with Crippen LogP contribution in [0.25, 0.3) is 0 Å². The second-order valence-corrected chi connectivity index (χ2v) is 9.04. The zero-order valence-corrected chi connectivity index (χ0v) is 17.1. The lowest BCUT2D eigenvalue weighted by molar-refractivity contribution is 0.103. The van der Waals surface area contributed by atoms with Gasteiger partial charge in [-0.2, -0.15) is 0 Å². The molecule has 0 aliphatic heterocycles. The maximum atomic E-state index is 12.5. The molecule has 0 atom stereocenters. The Labute approximate surface area is 167 Å². The molecule has 1 amide bonds. The van der Waals surface area contributed by atoms with Crippen molar-refractivity contribution in [2.24, 2.45) is 0 Å². The fourth-order valence-corrected chi connectivity index (χ4v) is 4.52. The Balaban J connectivity index is 1.70. The molecule has 0 fully saturated rings. The van der Waals surface area contributed by atoms with E-state index in [1.54, 1.807) is 18.2 Å². The Bertz CT molecular complexity index is 1060. The van der Waals surface area contributed by atoms with Crippen LogP contribution in [0.2, 0.25) is 0 Å². The third-order valence-electron chi connectivity index (χ3n) is 3.98. The van der Waals surface area contributed by atoms with Gasteiger partial charge in [0.1, 0.15) is 0 Å². The van der Waals surface area contributed by atoms with E-state index >= 15 is 0 Å². The number of aryl methyl sites for hydroxylation is 2. The highest BCUT2D eigenvalue weighted by atomic mass is 32.2. The van der Waals surface area contributed by atoms with Gasteiger partial charge in [0.05, 0.1) is 9.77 Å². The van der Waals surface area contributed by atoms with Gasteiger partial charge in [-0.25, -0.2) is 23.1 Å². The van der Waals surface area contributed by atoms with Crippen LogP contribution < -0.4 is 10.0 Å². The van der Waals surface area contributed by atoms with Crippen molar-refractivity contribution in [3.63, 3.8) is 0 Å². The van der Waals surface area contributed by atoms with E-state index in [2.05, 4.69) is 26.9 Å². The van der Waals surface area contributed by atoms with Gasteiger partial charge in [-0.1, -0.05) is 13.3 Å². The van der Waals surface area contributed by atoms with Gasteiger partial charge >= 0.3 is 0 Å². The average Bonchev–Trinajstić information content (AvgIpc) is 3.04.